The van der Waals surface area contributed by atoms with Crippen molar-refractivity contribution in [2.75, 3.05) is 12.4 Å². The molecular weight excluding hydrogens is 416 g/mol. The van der Waals surface area contributed by atoms with Crippen molar-refractivity contribution in [3.63, 3.8) is 0 Å². The summed E-state index contributed by atoms with van der Waals surface area (Å²) in [6.45, 7) is 3.39. The highest BCUT2D eigenvalue weighted by atomic mass is 35.5. The molecule has 2 aromatic heterocycles. The van der Waals surface area contributed by atoms with Gasteiger partial charge in [0.2, 0.25) is 5.78 Å². The highest BCUT2D eigenvalue weighted by molar-refractivity contribution is 6.30. The quantitative estimate of drug-likeness (QED) is 0.467. The topological polar surface area (TPSA) is 77.8 Å². The Balaban J connectivity index is 1.59. The monoisotopic (exact) mass is 436 g/mol. The second-order valence-electron chi connectivity index (χ2n) is 7.39. The second kappa shape index (κ2) is 8.28. The number of methoxy groups -OCH3 is 1. The van der Waals surface area contributed by atoms with E-state index in [0.717, 1.165) is 11.3 Å². The van der Waals surface area contributed by atoms with Crippen molar-refractivity contribution in [2.45, 2.75) is 19.4 Å². The van der Waals surface area contributed by atoms with Gasteiger partial charge in [-0.15, -0.1) is 0 Å². The van der Waals surface area contributed by atoms with Crippen molar-refractivity contribution in [3.05, 3.63) is 72.1 Å². The molecule has 31 heavy (non-hydrogen) atoms. The summed E-state index contributed by atoms with van der Waals surface area (Å²) in [5, 5.41) is 3.51. The molecular formula is C23H21ClN4O3. The number of hydrogen-bond donors (Lipinski definition) is 1. The van der Waals surface area contributed by atoms with Gasteiger partial charge in [0.05, 0.1) is 18.5 Å². The molecule has 4 rings (SSSR count). The van der Waals surface area contributed by atoms with Gasteiger partial charge in [-0.2, -0.15) is 0 Å². The van der Waals surface area contributed by atoms with Gasteiger partial charge in [0.1, 0.15) is 11.5 Å². The van der Waals surface area contributed by atoms with Gasteiger partial charge in [0, 0.05) is 29.2 Å². The highest BCUT2D eigenvalue weighted by Gasteiger charge is 2.31. The first-order chi connectivity index (χ1) is 14.9. The van der Waals surface area contributed by atoms with Crippen LogP contribution in [0.3, 0.4) is 0 Å². The Hall–Kier alpha value is -3.58. The molecule has 158 valence electrons. The molecule has 2 aromatic carbocycles. The maximum atomic E-state index is 13.0. The molecule has 1 amide bonds. The van der Waals surface area contributed by atoms with E-state index in [9.17, 15) is 4.79 Å². The van der Waals surface area contributed by atoms with E-state index in [1.165, 1.54) is 0 Å². The van der Waals surface area contributed by atoms with Gasteiger partial charge in [-0.3, -0.25) is 9.20 Å². The van der Waals surface area contributed by atoms with Crippen LogP contribution in [0.4, 0.5) is 5.69 Å². The fourth-order valence-electron chi connectivity index (χ4n) is 3.05. The molecule has 0 aliphatic rings. The number of imidazole rings is 1. The van der Waals surface area contributed by atoms with Crippen LogP contribution in [-0.2, 0) is 4.79 Å². The Bertz CT molecular complexity index is 1200. The zero-order valence-electron chi connectivity index (χ0n) is 17.3. The lowest BCUT2D eigenvalue weighted by atomic mass is 10.1. The number of carbonyl (C=O) groups excluding carboxylic acids is 1. The lowest BCUT2D eigenvalue weighted by Gasteiger charge is -2.26. The van der Waals surface area contributed by atoms with Gasteiger partial charge < -0.3 is 14.8 Å². The van der Waals surface area contributed by atoms with Crippen molar-refractivity contribution in [1.29, 1.82) is 0 Å². The summed E-state index contributed by atoms with van der Waals surface area (Å²) >= 11 is 5.92. The van der Waals surface area contributed by atoms with Crippen molar-refractivity contribution in [3.8, 4) is 22.8 Å². The smallest absolute Gasteiger partial charge is 0.268 e. The van der Waals surface area contributed by atoms with Crippen LogP contribution in [0.25, 0.3) is 17.0 Å². The molecule has 1 N–H and O–H groups in total. The van der Waals surface area contributed by atoms with Gasteiger partial charge in [-0.25, -0.2) is 9.97 Å². The van der Waals surface area contributed by atoms with Crippen molar-refractivity contribution < 1.29 is 14.3 Å². The molecule has 7 nitrogen and oxygen atoms in total. The summed E-state index contributed by atoms with van der Waals surface area (Å²) in [6, 6.07) is 14.2. The van der Waals surface area contributed by atoms with E-state index in [-0.39, 0.29) is 5.91 Å². The number of benzene rings is 2. The summed E-state index contributed by atoms with van der Waals surface area (Å²) in [5.41, 5.74) is 0.927. The standard InChI is InChI=1S/C23H21ClN4O3/c1-23(2,31-17-8-6-16(24)7-9-17)21(29)26-18-13-15(5-10-20(18)30-3)19-14-28-12-4-11-25-22(28)27-19/h4-14H,1-3H3,(H,26,29). The number of amides is 1. The predicted octanol–water partition coefficient (Wildman–Crippen LogP) is 4.85. The number of aromatic nitrogens is 3. The summed E-state index contributed by atoms with van der Waals surface area (Å²) in [4.78, 5) is 21.8. The number of nitrogens with zero attached hydrogens (tertiary/aromatic N) is 3. The van der Waals surface area contributed by atoms with E-state index >= 15 is 0 Å². The normalized spacial score (nSPS) is 11.4. The first kappa shape index (κ1) is 20.7. The number of fused-ring (bicyclic) bond motifs is 1. The molecule has 0 bridgehead atoms. The van der Waals surface area contributed by atoms with E-state index in [0.29, 0.717) is 28.0 Å². The Morgan fingerprint density at radius 1 is 1.16 bits per heavy atom. The summed E-state index contributed by atoms with van der Waals surface area (Å²) in [6.07, 6.45) is 5.44. The minimum Gasteiger partial charge on any atom is -0.495 e. The van der Waals surface area contributed by atoms with Gasteiger partial charge in [0.15, 0.2) is 5.60 Å². The van der Waals surface area contributed by atoms with Crippen LogP contribution in [0.1, 0.15) is 13.8 Å². The van der Waals surface area contributed by atoms with Crippen LogP contribution in [-0.4, -0.2) is 33.0 Å². The predicted molar refractivity (Wildman–Crippen MR) is 120 cm³/mol. The van der Waals surface area contributed by atoms with Gasteiger partial charge in [-0.1, -0.05) is 11.6 Å². The maximum absolute atomic E-state index is 13.0. The molecule has 0 fully saturated rings. The molecule has 0 saturated heterocycles. The molecule has 0 aliphatic heterocycles. The van der Waals surface area contributed by atoms with Crippen molar-refractivity contribution >= 4 is 29.0 Å². The Morgan fingerprint density at radius 2 is 1.94 bits per heavy atom. The largest absolute Gasteiger partial charge is 0.495 e. The van der Waals surface area contributed by atoms with Gasteiger partial charge in [0.25, 0.3) is 5.91 Å². The molecule has 0 spiro atoms. The molecule has 0 unspecified atom stereocenters. The molecule has 0 aliphatic carbocycles. The third kappa shape index (κ3) is 4.46. The Kier molecular flexibility index (Phi) is 5.52. The summed E-state index contributed by atoms with van der Waals surface area (Å²) in [5.74, 6) is 1.34. The maximum Gasteiger partial charge on any atom is 0.268 e. The van der Waals surface area contributed by atoms with E-state index < -0.39 is 5.60 Å². The fraction of sp³-hybridized carbons (Fsp3) is 0.174. The number of hydrogen-bond acceptors (Lipinski definition) is 5. The molecule has 0 saturated carbocycles. The van der Waals surface area contributed by atoms with Crippen LogP contribution >= 0.6 is 11.6 Å². The molecule has 0 radical (unpaired) electrons. The average molecular weight is 437 g/mol. The van der Waals surface area contributed by atoms with E-state index in [2.05, 4.69) is 15.3 Å². The minimum absolute atomic E-state index is 0.324. The lowest BCUT2D eigenvalue weighted by molar-refractivity contribution is -0.128. The van der Waals surface area contributed by atoms with Gasteiger partial charge in [-0.05, 0) is 62.4 Å². The van der Waals surface area contributed by atoms with E-state index in [4.69, 9.17) is 21.1 Å². The summed E-state index contributed by atoms with van der Waals surface area (Å²) in [7, 11) is 1.55. The van der Waals surface area contributed by atoms with Crippen LogP contribution < -0.4 is 14.8 Å². The van der Waals surface area contributed by atoms with Gasteiger partial charge >= 0.3 is 0 Å². The zero-order valence-corrected chi connectivity index (χ0v) is 18.1. The molecule has 2 heterocycles. The first-order valence-electron chi connectivity index (χ1n) is 9.60. The highest BCUT2D eigenvalue weighted by Crippen LogP contribution is 2.31. The lowest BCUT2D eigenvalue weighted by Crippen LogP contribution is -2.42. The first-order valence-corrected chi connectivity index (χ1v) is 9.98. The van der Waals surface area contributed by atoms with Crippen LogP contribution in [0, 0.1) is 0 Å². The average Bonchev–Trinajstić information content (AvgIpc) is 3.19. The number of anilines is 1. The molecule has 4 aromatic rings. The molecule has 0 atom stereocenters. The SMILES string of the molecule is COc1ccc(-c2cn3cccnc3n2)cc1NC(=O)C(C)(C)Oc1ccc(Cl)cc1. The van der Waals surface area contributed by atoms with Crippen LogP contribution in [0.5, 0.6) is 11.5 Å². The number of rotatable bonds is 6. The Morgan fingerprint density at radius 3 is 2.65 bits per heavy atom. The number of ether oxygens (including phenoxy) is 2. The summed E-state index contributed by atoms with van der Waals surface area (Å²) < 4.78 is 13.1. The zero-order chi connectivity index (χ0) is 22.0. The molecule has 8 heteroatoms. The van der Waals surface area contributed by atoms with E-state index in [1.54, 1.807) is 57.5 Å². The number of halogens is 1. The van der Waals surface area contributed by atoms with Crippen LogP contribution in [0.15, 0.2) is 67.1 Å². The number of nitrogens with one attached hydrogen (secondary N) is 1. The van der Waals surface area contributed by atoms with Crippen LogP contribution in [0.2, 0.25) is 5.02 Å². The van der Waals surface area contributed by atoms with E-state index in [1.807, 2.05) is 35.0 Å². The second-order valence-corrected chi connectivity index (χ2v) is 7.83. The van der Waals surface area contributed by atoms with Crippen molar-refractivity contribution in [2.24, 2.45) is 0 Å². The number of carbonyl (C=O) groups is 1. The Labute approximate surface area is 184 Å². The third-order valence-corrected chi connectivity index (χ3v) is 4.96. The fourth-order valence-corrected chi connectivity index (χ4v) is 3.18. The van der Waals surface area contributed by atoms with Crippen molar-refractivity contribution in [1.82, 2.24) is 14.4 Å². The minimum atomic E-state index is -1.14. The third-order valence-electron chi connectivity index (χ3n) is 4.71.